The third-order valence-electron chi connectivity index (χ3n) is 14.1. The van der Waals surface area contributed by atoms with Crippen LogP contribution in [-0.4, -0.2) is 142 Å². The average Bonchev–Trinajstić information content (AvgIpc) is 3.35. The molecule has 0 saturated carbocycles. The van der Waals surface area contributed by atoms with Crippen LogP contribution in [0.25, 0.3) is 0 Å². The SMILES string of the molecule is CCCCCCCCCCCCCCCCCCCCCCCCCCCOCC(COC1OC(COC2OC(CO)C(O)C(O)C2O)C(O)C(O)C1O)OC(=O)CCCCCCCCCCCC. The van der Waals surface area contributed by atoms with Gasteiger partial charge >= 0.3 is 5.97 Å². The van der Waals surface area contributed by atoms with Crippen molar-refractivity contribution in [2.45, 2.75) is 313 Å². The second-order valence-electron chi connectivity index (χ2n) is 20.5. The molecular weight excluding hydrogens is 885 g/mol. The van der Waals surface area contributed by atoms with Gasteiger partial charge in [-0.25, -0.2) is 0 Å². The van der Waals surface area contributed by atoms with E-state index in [1.54, 1.807) is 0 Å². The quantitative estimate of drug-likeness (QED) is 0.0223. The molecule has 2 aliphatic rings. The molecule has 0 spiro atoms. The van der Waals surface area contributed by atoms with Crippen molar-refractivity contribution in [2.24, 2.45) is 0 Å². The van der Waals surface area contributed by atoms with Crippen LogP contribution < -0.4 is 0 Å². The molecule has 69 heavy (non-hydrogen) atoms. The molecule has 7 N–H and O–H groups in total. The molecule has 0 aromatic rings. The van der Waals surface area contributed by atoms with Gasteiger partial charge in [0.1, 0.15) is 54.9 Å². The van der Waals surface area contributed by atoms with E-state index < -0.39 is 80.7 Å². The van der Waals surface area contributed by atoms with E-state index in [1.807, 2.05) is 0 Å². The van der Waals surface area contributed by atoms with Gasteiger partial charge in [-0.3, -0.25) is 4.79 Å². The van der Waals surface area contributed by atoms with Crippen LogP contribution in [-0.2, 0) is 33.2 Å². The Morgan fingerprint density at radius 2 is 0.768 bits per heavy atom. The molecular formula is C55H106O14. The van der Waals surface area contributed by atoms with Gasteiger partial charge in [-0.15, -0.1) is 0 Å². The molecule has 410 valence electrons. The van der Waals surface area contributed by atoms with Crippen LogP contribution >= 0.6 is 0 Å². The van der Waals surface area contributed by atoms with E-state index in [2.05, 4.69) is 13.8 Å². The summed E-state index contributed by atoms with van der Waals surface area (Å²) in [5.41, 5.74) is 0. The summed E-state index contributed by atoms with van der Waals surface area (Å²) in [4.78, 5) is 13.0. The minimum Gasteiger partial charge on any atom is -0.457 e. The highest BCUT2D eigenvalue weighted by atomic mass is 16.7. The molecule has 0 aliphatic carbocycles. The number of ether oxygens (including phenoxy) is 6. The van der Waals surface area contributed by atoms with E-state index in [-0.39, 0.29) is 25.6 Å². The molecule has 2 fully saturated rings. The predicted octanol–water partition coefficient (Wildman–Crippen LogP) is 9.64. The summed E-state index contributed by atoms with van der Waals surface area (Å²) >= 11 is 0. The van der Waals surface area contributed by atoms with E-state index in [9.17, 15) is 40.5 Å². The number of unbranched alkanes of at least 4 members (excludes halogenated alkanes) is 33. The third kappa shape index (κ3) is 30.7. The van der Waals surface area contributed by atoms with Crippen LogP contribution in [0.15, 0.2) is 0 Å². The lowest BCUT2D eigenvalue weighted by Gasteiger charge is -2.42. The Morgan fingerprint density at radius 1 is 0.420 bits per heavy atom. The number of hydrogen-bond donors (Lipinski definition) is 7. The first-order chi connectivity index (χ1) is 33.6. The van der Waals surface area contributed by atoms with Gasteiger partial charge in [0.15, 0.2) is 12.6 Å². The highest BCUT2D eigenvalue weighted by Crippen LogP contribution is 2.27. The van der Waals surface area contributed by atoms with E-state index in [1.165, 1.54) is 180 Å². The second-order valence-corrected chi connectivity index (χ2v) is 20.5. The maximum atomic E-state index is 13.0. The summed E-state index contributed by atoms with van der Waals surface area (Å²) in [7, 11) is 0. The maximum Gasteiger partial charge on any atom is 0.306 e. The molecule has 11 unspecified atom stereocenters. The van der Waals surface area contributed by atoms with E-state index >= 15 is 0 Å². The Morgan fingerprint density at radius 3 is 1.17 bits per heavy atom. The molecule has 11 atom stereocenters. The summed E-state index contributed by atoms with van der Waals surface area (Å²) in [5.74, 6) is -0.372. The highest BCUT2D eigenvalue weighted by molar-refractivity contribution is 5.69. The molecule has 2 rings (SSSR count). The fourth-order valence-electron chi connectivity index (χ4n) is 9.46. The van der Waals surface area contributed by atoms with Crippen LogP contribution in [0.2, 0.25) is 0 Å². The van der Waals surface area contributed by atoms with Gasteiger partial charge in [0.05, 0.1) is 26.4 Å². The highest BCUT2D eigenvalue weighted by Gasteiger charge is 2.47. The molecule has 14 nitrogen and oxygen atoms in total. The molecule has 0 aromatic carbocycles. The molecule has 2 aliphatic heterocycles. The first-order valence-corrected chi connectivity index (χ1v) is 28.6. The van der Waals surface area contributed by atoms with Gasteiger partial charge in [-0.1, -0.05) is 226 Å². The number of rotatable bonds is 47. The molecule has 2 heterocycles. The van der Waals surface area contributed by atoms with Crippen LogP contribution in [0.1, 0.15) is 245 Å². The van der Waals surface area contributed by atoms with Crippen molar-refractivity contribution >= 4 is 5.97 Å². The zero-order valence-electron chi connectivity index (χ0n) is 43.8. The van der Waals surface area contributed by atoms with Crippen molar-refractivity contribution in [1.82, 2.24) is 0 Å². The summed E-state index contributed by atoms with van der Waals surface area (Å²) in [6, 6.07) is 0. The van der Waals surface area contributed by atoms with Gasteiger partial charge in [0.25, 0.3) is 0 Å². The minimum absolute atomic E-state index is 0.0703. The summed E-state index contributed by atoms with van der Waals surface area (Å²) in [6.45, 7) is 3.73. The second kappa shape index (κ2) is 43.4. The fraction of sp³-hybridized carbons (Fsp3) is 0.982. The van der Waals surface area contributed by atoms with Crippen molar-refractivity contribution in [3.8, 4) is 0 Å². The first-order valence-electron chi connectivity index (χ1n) is 28.6. The van der Waals surface area contributed by atoms with E-state index in [0.29, 0.717) is 13.0 Å². The molecule has 0 radical (unpaired) electrons. The Kier molecular flexibility index (Phi) is 40.3. The molecule has 0 amide bonds. The van der Waals surface area contributed by atoms with Crippen molar-refractivity contribution in [2.75, 3.05) is 33.0 Å². The van der Waals surface area contributed by atoms with Crippen LogP contribution in [0, 0.1) is 0 Å². The Labute approximate surface area is 419 Å². The minimum atomic E-state index is -1.70. The number of hydrogen-bond acceptors (Lipinski definition) is 14. The number of carbonyl (C=O) groups excluding carboxylic acids is 1. The predicted molar refractivity (Wildman–Crippen MR) is 271 cm³/mol. The number of carbonyl (C=O) groups is 1. The van der Waals surface area contributed by atoms with Gasteiger partial charge in [-0.05, 0) is 12.8 Å². The maximum absolute atomic E-state index is 13.0. The summed E-state index contributed by atoms with van der Waals surface area (Å²) in [6.07, 6.45) is 29.0. The zero-order chi connectivity index (χ0) is 50.2. The standard InChI is InChI=1S/C55H106O14/c1-3-5-7-9-11-13-15-16-17-18-19-20-21-22-23-24-25-26-27-28-29-31-33-35-37-39-64-41-44(67-47(57)38-36-34-32-30-14-12-10-8-6-4-2)42-65-54-53(63)51(61)49(59)46(69-54)43-66-55-52(62)50(60)48(58)45(40-56)68-55/h44-46,48-56,58-63H,3-43H2,1-2H3. The Hall–Kier alpha value is -1.01. The number of aliphatic hydroxyl groups is 7. The molecule has 14 heteroatoms. The van der Waals surface area contributed by atoms with Gasteiger partial charge in [0.2, 0.25) is 0 Å². The summed E-state index contributed by atoms with van der Waals surface area (Å²) in [5, 5.41) is 72.1. The van der Waals surface area contributed by atoms with Crippen molar-refractivity contribution in [1.29, 1.82) is 0 Å². The van der Waals surface area contributed by atoms with Gasteiger partial charge in [0, 0.05) is 13.0 Å². The number of esters is 1. The van der Waals surface area contributed by atoms with Gasteiger partial charge in [-0.2, -0.15) is 0 Å². The Bertz CT molecular complexity index is 1150. The van der Waals surface area contributed by atoms with Crippen LogP contribution in [0.3, 0.4) is 0 Å². The summed E-state index contributed by atoms with van der Waals surface area (Å²) < 4.78 is 34.3. The van der Waals surface area contributed by atoms with Crippen molar-refractivity contribution < 1.29 is 69.0 Å². The first kappa shape index (κ1) is 64.1. The molecule has 0 aromatic heterocycles. The van der Waals surface area contributed by atoms with Crippen molar-refractivity contribution in [3.05, 3.63) is 0 Å². The monoisotopic (exact) mass is 991 g/mol. The van der Waals surface area contributed by atoms with E-state index in [4.69, 9.17) is 28.4 Å². The lowest BCUT2D eigenvalue weighted by molar-refractivity contribution is -0.332. The molecule has 2 saturated heterocycles. The normalized spacial score (nSPS) is 25.6. The lowest BCUT2D eigenvalue weighted by Crippen LogP contribution is -2.61. The average molecular weight is 991 g/mol. The zero-order valence-corrected chi connectivity index (χ0v) is 43.8. The van der Waals surface area contributed by atoms with Crippen molar-refractivity contribution in [3.63, 3.8) is 0 Å². The third-order valence-corrected chi connectivity index (χ3v) is 14.1. The fourth-order valence-corrected chi connectivity index (χ4v) is 9.46. The Balaban J connectivity index is 1.64. The lowest BCUT2D eigenvalue weighted by atomic mass is 9.98. The van der Waals surface area contributed by atoms with Crippen LogP contribution in [0.5, 0.6) is 0 Å². The molecule has 0 bridgehead atoms. The smallest absolute Gasteiger partial charge is 0.306 e. The van der Waals surface area contributed by atoms with Crippen LogP contribution in [0.4, 0.5) is 0 Å². The topological polar surface area (TPSA) is 214 Å². The number of aliphatic hydroxyl groups excluding tert-OH is 7. The largest absolute Gasteiger partial charge is 0.457 e. The van der Waals surface area contributed by atoms with E-state index in [0.717, 1.165) is 38.5 Å². The van der Waals surface area contributed by atoms with Gasteiger partial charge < -0.3 is 64.2 Å².